The molecule has 25 heavy (non-hydrogen) atoms. The van der Waals surface area contributed by atoms with Gasteiger partial charge in [-0.25, -0.2) is 4.79 Å². The Morgan fingerprint density at radius 2 is 1.96 bits per heavy atom. The number of carboxylic acids is 1. The van der Waals surface area contributed by atoms with E-state index in [1.165, 1.54) is 0 Å². The summed E-state index contributed by atoms with van der Waals surface area (Å²) in [7, 11) is 0. The van der Waals surface area contributed by atoms with Crippen LogP contribution in [0, 0.1) is 5.41 Å². The number of carbonyl (C=O) groups is 1. The Hall–Kier alpha value is -1.37. The summed E-state index contributed by atoms with van der Waals surface area (Å²) >= 11 is 1.79. The van der Waals surface area contributed by atoms with Gasteiger partial charge >= 0.3 is 12.1 Å². The van der Waals surface area contributed by atoms with Crippen LogP contribution in [0.15, 0.2) is 18.2 Å². The van der Waals surface area contributed by atoms with Gasteiger partial charge in [-0.05, 0) is 31.0 Å². The minimum Gasteiger partial charge on any atom is -0.485 e. The first-order chi connectivity index (χ1) is 11.4. The smallest absolute Gasteiger partial charge is 0.419 e. The average molecular weight is 374 g/mol. The Morgan fingerprint density at radius 3 is 2.40 bits per heavy atom. The zero-order valence-electron chi connectivity index (χ0n) is 14.3. The monoisotopic (exact) mass is 374 g/mol. The maximum absolute atomic E-state index is 13.4. The van der Waals surface area contributed by atoms with Crippen molar-refractivity contribution in [3.8, 4) is 5.75 Å². The van der Waals surface area contributed by atoms with Crippen molar-refractivity contribution in [2.75, 3.05) is 0 Å². The van der Waals surface area contributed by atoms with Crippen molar-refractivity contribution in [1.29, 1.82) is 0 Å². The van der Waals surface area contributed by atoms with E-state index in [-0.39, 0.29) is 22.0 Å². The number of alkyl halides is 3. The SMILES string of the molecule is CC(C)(C)C1(Oc2cc(C(=O)O)ccc2C(F)(F)F)CC2CCC1S2. The molecule has 3 nitrogen and oxygen atoms in total. The van der Waals surface area contributed by atoms with Crippen LogP contribution in [-0.4, -0.2) is 27.2 Å². The molecule has 3 atom stereocenters. The van der Waals surface area contributed by atoms with Crippen molar-refractivity contribution in [3.05, 3.63) is 29.3 Å². The molecule has 0 amide bonds. The lowest BCUT2D eigenvalue weighted by Gasteiger charge is -2.47. The van der Waals surface area contributed by atoms with Crippen LogP contribution < -0.4 is 4.74 Å². The molecule has 2 fully saturated rings. The molecule has 0 saturated carbocycles. The highest BCUT2D eigenvalue weighted by Crippen LogP contribution is 2.59. The van der Waals surface area contributed by atoms with Crippen LogP contribution in [0.3, 0.4) is 0 Å². The van der Waals surface area contributed by atoms with Crippen LogP contribution in [0.4, 0.5) is 13.2 Å². The van der Waals surface area contributed by atoms with E-state index in [2.05, 4.69) is 0 Å². The van der Waals surface area contributed by atoms with E-state index in [4.69, 9.17) is 9.84 Å². The Kier molecular flexibility index (Phi) is 4.29. The fourth-order valence-corrected chi connectivity index (χ4v) is 5.96. The number of ether oxygens (including phenoxy) is 1. The maximum atomic E-state index is 13.4. The van der Waals surface area contributed by atoms with Gasteiger partial charge in [0.15, 0.2) is 0 Å². The largest absolute Gasteiger partial charge is 0.485 e. The standard InChI is InChI=1S/C18H21F3O3S/c1-16(2,3)17(9-11-5-7-14(17)25-11)24-13-8-10(15(22)23)4-6-12(13)18(19,20)21/h4,6,8,11,14H,5,7,9H2,1-3H3,(H,22,23). The summed E-state index contributed by atoms with van der Waals surface area (Å²) in [6.07, 6.45) is -1.96. The lowest BCUT2D eigenvalue weighted by Crippen LogP contribution is -2.55. The van der Waals surface area contributed by atoms with Crippen LogP contribution in [0.1, 0.15) is 56.0 Å². The third-order valence-electron chi connectivity index (χ3n) is 5.25. The van der Waals surface area contributed by atoms with Gasteiger partial charge < -0.3 is 9.84 Å². The average Bonchev–Trinajstić information content (AvgIpc) is 3.06. The van der Waals surface area contributed by atoms with Crippen molar-refractivity contribution in [1.82, 2.24) is 0 Å². The maximum Gasteiger partial charge on any atom is 0.419 e. The van der Waals surface area contributed by atoms with Gasteiger partial charge in [0.05, 0.1) is 11.1 Å². The van der Waals surface area contributed by atoms with E-state index >= 15 is 0 Å². The molecule has 2 bridgehead atoms. The lowest BCUT2D eigenvalue weighted by atomic mass is 9.68. The number of carboxylic acid groups (broad SMARTS) is 1. The summed E-state index contributed by atoms with van der Waals surface area (Å²) in [6.45, 7) is 5.92. The minimum atomic E-state index is -4.60. The number of hydrogen-bond donors (Lipinski definition) is 1. The fraction of sp³-hybridized carbons (Fsp3) is 0.611. The zero-order valence-corrected chi connectivity index (χ0v) is 15.1. The van der Waals surface area contributed by atoms with Gasteiger partial charge in [0.2, 0.25) is 0 Å². The zero-order chi connectivity index (χ0) is 18.6. The van der Waals surface area contributed by atoms with Gasteiger partial charge in [0.1, 0.15) is 11.4 Å². The number of aromatic carboxylic acids is 1. The van der Waals surface area contributed by atoms with E-state index in [1.807, 2.05) is 20.8 Å². The predicted octanol–water partition coefficient (Wildman–Crippen LogP) is 5.24. The predicted molar refractivity (Wildman–Crippen MR) is 90.2 cm³/mol. The van der Waals surface area contributed by atoms with Crippen molar-refractivity contribution in [2.24, 2.45) is 5.41 Å². The van der Waals surface area contributed by atoms with Crippen molar-refractivity contribution >= 4 is 17.7 Å². The highest BCUT2D eigenvalue weighted by Gasteiger charge is 2.60. The summed E-state index contributed by atoms with van der Waals surface area (Å²) in [5.74, 6) is -1.65. The van der Waals surface area contributed by atoms with E-state index in [9.17, 15) is 18.0 Å². The van der Waals surface area contributed by atoms with Crippen molar-refractivity contribution in [2.45, 2.75) is 62.3 Å². The second kappa shape index (κ2) is 5.83. The highest BCUT2D eigenvalue weighted by molar-refractivity contribution is 8.01. The molecule has 2 saturated heterocycles. The third kappa shape index (κ3) is 3.11. The van der Waals surface area contributed by atoms with Crippen LogP contribution in [0.5, 0.6) is 5.75 Å². The summed E-state index contributed by atoms with van der Waals surface area (Å²) in [4.78, 5) is 11.2. The first kappa shape index (κ1) is 18.4. The molecule has 7 heteroatoms. The quantitative estimate of drug-likeness (QED) is 0.786. The molecule has 0 aromatic heterocycles. The number of halogens is 3. The van der Waals surface area contributed by atoms with Gasteiger partial charge in [0.25, 0.3) is 0 Å². The fourth-order valence-electron chi connectivity index (χ4n) is 3.89. The Bertz CT molecular complexity index is 696. The van der Waals surface area contributed by atoms with Gasteiger partial charge in [-0.1, -0.05) is 20.8 Å². The topological polar surface area (TPSA) is 46.5 Å². The van der Waals surface area contributed by atoms with Gasteiger partial charge in [0, 0.05) is 22.3 Å². The summed E-state index contributed by atoms with van der Waals surface area (Å²) in [5, 5.41) is 9.66. The molecular formula is C18H21F3O3S. The molecule has 2 heterocycles. The molecule has 0 radical (unpaired) electrons. The molecule has 2 aliphatic heterocycles. The van der Waals surface area contributed by atoms with Gasteiger partial charge in [-0.3, -0.25) is 0 Å². The molecular weight excluding hydrogens is 353 g/mol. The summed E-state index contributed by atoms with van der Waals surface area (Å²) < 4.78 is 46.4. The molecule has 1 aromatic carbocycles. The number of fused-ring (bicyclic) bond motifs is 2. The summed E-state index contributed by atoms with van der Waals surface area (Å²) in [6, 6.07) is 2.78. The molecule has 0 spiro atoms. The van der Waals surface area contributed by atoms with Gasteiger partial charge in [-0.15, -0.1) is 0 Å². The molecule has 2 aliphatic rings. The van der Waals surface area contributed by atoms with E-state index in [0.29, 0.717) is 11.7 Å². The lowest BCUT2D eigenvalue weighted by molar-refractivity contribution is -0.142. The van der Waals surface area contributed by atoms with Crippen LogP contribution in [0.2, 0.25) is 0 Å². The normalized spacial score (nSPS) is 29.0. The molecule has 1 aromatic rings. The molecule has 0 aliphatic carbocycles. The Labute approximate surface area is 148 Å². The number of benzene rings is 1. The van der Waals surface area contributed by atoms with Crippen LogP contribution >= 0.6 is 11.8 Å². The minimum absolute atomic E-state index is 0.118. The Morgan fingerprint density at radius 1 is 1.28 bits per heavy atom. The van der Waals surface area contributed by atoms with Crippen molar-refractivity contribution < 1.29 is 27.8 Å². The highest BCUT2D eigenvalue weighted by atomic mass is 32.2. The first-order valence-electron chi connectivity index (χ1n) is 8.23. The van der Waals surface area contributed by atoms with Gasteiger partial charge in [-0.2, -0.15) is 24.9 Å². The summed E-state index contributed by atoms with van der Waals surface area (Å²) in [5.41, 5.74) is -2.24. The molecule has 138 valence electrons. The number of thioether (sulfide) groups is 1. The second-order valence-electron chi connectivity index (χ2n) is 7.78. The van der Waals surface area contributed by atoms with Crippen LogP contribution in [0.25, 0.3) is 0 Å². The van der Waals surface area contributed by atoms with Crippen molar-refractivity contribution in [3.63, 3.8) is 0 Å². The third-order valence-corrected chi connectivity index (χ3v) is 6.99. The van der Waals surface area contributed by atoms with E-state index < -0.39 is 23.3 Å². The van der Waals surface area contributed by atoms with E-state index in [0.717, 1.165) is 31.0 Å². The van der Waals surface area contributed by atoms with E-state index in [1.54, 1.807) is 11.8 Å². The Balaban J connectivity index is 2.08. The number of rotatable bonds is 3. The molecule has 1 N–H and O–H groups in total. The molecule has 3 rings (SSSR count). The van der Waals surface area contributed by atoms with Crippen LogP contribution in [-0.2, 0) is 6.18 Å². The second-order valence-corrected chi connectivity index (χ2v) is 9.29. The number of hydrogen-bond acceptors (Lipinski definition) is 3. The first-order valence-corrected chi connectivity index (χ1v) is 9.17. The molecule has 3 unspecified atom stereocenters.